The molecule has 25 heavy (non-hydrogen) atoms. The van der Waals surface area contributed by atoms with E-state index in [-0.39, 0.29) is 11.8 Å². The fraction of sp³-hybridized carbons (Fsp3) is 0.444. The van der Waals surface area contributed by atoms with Crippen LogP contribution in [0.3, 0.4) is 0 Å². The third-order valence-electron chi connectivity index (χ3n) is 5.77. The van der Waals surface area contributed by atoms with Crippen LogP contribution in [0.15, 0.2) is 24.4 Å². The molecule has 128 valence electrons. The highest BCUT2D eigenvalue weighted by atomic mass is 16.2. The number of amides is 2. The first-order chi connectivity index (χ1) is 12.2. The molecule has 2 fully saturated rings. The molecule has 2 unspecified atom stereocenters. The quantitative estimate of drug-likeness (QED) is 0.791. The van der Waals surface area contributed by atoms with Crippen LogP contribution >= 0.6 is 0 Å². The number of rotatable bonds is 4. The molecular formula is C18H19N5O2. The average molecular weight is 337 g/mol. The van der Waals surface area contributed by atoms with E-state index >= 15 is 0 Å². The van der Waals surface area contributed by atoms with E-state index in [1.54, 1.807) is 18.3 Å². The number of aromatic amines is 1. The Hall–Kier alpha value is -2.70. The molecule has 3 aliphatic carbocycles. The van der Waals surface area contributed by atoms with Crippen LogP contribution in [-0.2, 0) is 11.2 Å². The summed E-state index contributed by atoms with van der Waals surface area (Å²) in [4.78, 5) is 29.6. The Morgan fingerprint density at radius 2 is 2.16 bits per heavy atom. The number of fused-ring (bicyclic) bond motifs is 3. The van der Waals surface area contributed by atoms with Crippen LogP contribution < -0.4 is 10.6 Å². The van der Waals surface area contributed by atoms with Gasteiger partial charge in [-0.2, -0.15) is 5.10 Å². The summed E-state index contributed by atoms with van der Waals surface area (Å²) in [5.41, 5.74) is 1.76. The van der Waals surface area contributed by atoms with Gasteiger partial charge in [0.2, 0.25) is 0 Å². The van der Waals surface area contributed by atoms with Gasteiger partial charge in [0.15, 0.2) is 5.69 Å². The van der Waals surface area contributed by atoms with E-state index in [0.717, 1.165) is 24.1 Å². The van der Waals surface area contributed by atoms with Gasteiger partial charge >= 0.3 is 0 Å². The Morgan fingerprint density at radius 3 is 2.88 bits per heavy atom. The summed E-state index contributed by atoms with van der Waals surface area (Å²) in [6, 6.07) is 5.34. The molecule has 2 saturated carbocycles. The Labute approximate surface area is 144 Å². The maximum Gasteiger partial charge on any atom is 0.272 e. The molecule has 0 saturated heterocycles. The van der Waals surface area contributed by atoms with Crippen molar-refractivity contribution in [3.8, 4) is 0 Å². The number of hydrogen-bond acceptors (Lipinski definition) is 4. The normalized spacial score (nSPS) is 24.6. The molecule has 0 spiro atoms. The largest absolute Gasteiger partial charge is 0.336 e. The molecular weight excluding hydrogens is 318 g/mol. The second kappa shape index (κ2) is 5.15. The summed E-state index contributed by atoms with van der Waals surface area (Å²) in [6.45, 7) is 0. The molecule has 2 amide bonds. The topological polar surface area (TPSA) is 99.8 Å². The zero-order valence-corrected chi connectivity index (χ0v) is 13.7. The molecule has 0 aromatic carbocycles. The third kappa shape index (κ3) is 2.26. The first-order valence-electron chi connectivity index (χ1n) is 8.78. The zero-order valence-electron chi connectivity index (χ0n) is 13.7. The van der Waals surface area contributed by atoms with Gasteiger partial charge in [0.25, 0.3) is 11.8 Å². The predicted octanol–water partition coefficient (Wildman–Crippen LogP) is 1.76. The molecule has 2 atom stereocenters. The molecule has 2 aromatic rings. The molecule has 2 aromatic heterocycles. The van der Waals surface area contributed by atoms with Gasteiger partial charge in [-0.25, -0.2) is 4.98 Å². The fourth-order valence-corrected chi connectivity index (χ4v) is 4.06. The first kappa shape index (κ1) is 14.6. The van der Waals surface area contributed by atoms with E-state index in [4.69, 9.17) is 0 Å². The van der Waals surface area contributed by atoms with Crippen molar-refractivity contribution >= 4 is 17.6 Å². The van der Waals surface area contributed by atoms with Crippen molar-refractivity contribution in [2.75, 3.05) is 5.32 Å². The summed E-state index contributed by atoms with van der Waals surface area (Å²) < 4.78 is 0. The van der Waals surface area contributed by atoms with Crippen LogP contribution in [0.25, 0.3) is 0 Å². The van der Waals surface area contributed by atoms with E-state index in [9.17, 15) is 9.59 Å². The van der Waals surface area contributed by atoms with Crippen molar-refractivity contribution in [1.29, 1.82) is 0 Å². The van der Waals surface area contributed by atoms with Crippen molar-refractivity contribution < 1.29 is 9.59 Å². The maximum atomic E-state index is 12.8. The Morgan fingerprint density at radius 1 is 1.28 bits per heavy atom. The summed E-state index contributed by atoms with van der Waals surface area (Å²) >= 11 is 0. The SMILES string of the molecule is O=C(NC1(C(=O)Nc2ccccn2)CCC1)c1n[nH]c2c1CC1CC21. The van der Waals surface area contributed by atoms with Crippen molar-refractivity contribution in [2.45, 2.75) is 43.6 Å². The summed E-state index contributed by atoms with van der Waals surface area (Å²) in [6.07, 6.45) is 5.93. The van der Waals surface area contributed by atoms with Gasteiger partial charge in [0.05, 0.1) is 0 Å². The number of carbonyl (C=O) groups is 2. The average Bonchev–Trinajstić information content (AvgIpc) is 3.06. The van der Waals surface area contributed by atoms with Crippen LogP contribution in [0.1, 0.15) is 53.3 Å². The van der Waals surface area contributed by atoms with Crippen molar-refractivity contribution in [3.63, 3.8) is 0 Å². The lowest BCUT2D eigenvalue weighted by Gasteiger charge is -2.40. The highest BCUT2D eigenvalue weighted by molar-refractivity contribution is 6.04. The second-order valence-corrected chi connectivity index (χ2v) is 7.33. The highest BCUT2D eigenvalue weighted by Gasteiger charge is 2.50. The first-order valence-corrected chi connectivity index (χ1v) is 8.78. The van der Waals surface area contributed by atoms with E-state index in [1.807, 2.05) is 6.07 Å². The number of anilines is 1. The monoisotopic (exact) mass is 337 g/mol. The van der Waals surface area contributed by atoms with Crippen molar-refractivity contribution in [2.24, 2.45) is 5.92 Å². The second-order valence-electron chi connectivity index (χ2n) is 7.33. The highest BCUT2D eigenvalue weighted by Crippen LogP contribution is 2.56. The lowest BCUT2D eigenvalue weighted by atomic mass is 9.75. The van der Waals surface area contributed by atoms with Gasteiger partial charge in [0, 0.05) is 23.4 Å². The van der Waals surface area contributed by atoms with Gasteiger partial charge in [-0.1, -0.05) is 6.07 Å². The van der Waals surface area contributed by atoms with E-state index in [1.165, 1.54) is 6.42 Å². The van der Waals surface area contributed by atoms with Crippen LogP contribution in [0.5, 0.6) is 0 Å². The van der Waals surface area contributed by atoms with Gasteiger partial charge in [-0.3, -0.25) is 14.7 Å². The maximum absolute atomic E-state index is 12.8. The molecule has 3 N–H and O–H groups in total. The summed E-state index contributed by atoms with van der Waals surface area (Å²) in [5, 5.41) is 13.0. The Balaban J connectivity index is 1.34. The van der Waals surface area contributed by atoms with Crippen LogP contribution in [0.4, 0.5) is 5.82 Å². The number of nitrogens with one attached hydrogen (secondary N) is 3. The van der Waals surface area contributed by atoms with Gasteiger partial charge < -0.3 is 10.6 Å². The molecule has 7 nitrogen and oxygen atoms in total. The van der Waals surface area contributed by atoms with Gasteiger partial charge in [-0.05, 0) is 50.2 Å². The predicted molar refractivity (Wildman–Crippen MR) is 90.1 cm³/mol. The third-order valence-corrected chi connectivity index (χ3v) is 5.77. The van der Waals surface area contributed by atoms with E-state index in [2.05, 4.69) is 25.8 Å². The van der Waals surface area contributed by atoms with Gasteiger partial charge in [-0.15, -0.1) is 0 Å². The van der Waals surface area contributed by atoms with E-state index < -0.39 is 5.54 Å². The number of H-pyrrole nitrogens is 1. The van der Waals surface area contributed by atoms with Crippen LogP contribution in [-0.4, -0.2) is 32.5 Å². The minimum absolute atomic E-state index is 0.208. The van der Waals surface area contributed by atoms with Crippen LogP contribution in [0, 0.1) is 5.92 Å². The molecule has 7 heteroatoms. The Kier molecular flexibility index (Phi) is 3.01. The molecule has 0 bridgehead atoms. The smallest absolute Gasteiger partial charge is 0.272 e. The van der Waals surface area contributed by atoms with Crippen LogP contribution in [0.2, 0.25) is 0 Å². The zero-order chi connectivity index (χ0) is 17.0. The summed E-state index contributed by atoms with van der Waals surface area (Å²) in [7, 11) is 0. The molecule has 5 rings (SSSR count). The molecule has 2 heterocycles. The molecule has 0 aliphatic heterocycles. The number of aromatic nitrogens is 3. The lowest BCUT2D eigenvalue weighted by molar-refractivity contribution is -0.125. The molecule has 0 radical (unpaired) electrons. The molecule has 3 aliphatic rings. The number of pyridine rings is 1. The minimum Gasteiger partial charge on any atom is -0.336 e. The number of hydrogen-bond donors (Lipinski definition) is 3. The minimum atomic E-state index is -0.859. The summed E-state index contributed by atoms with van der Waals surface area (Å²) in [5.74, 6) is 1.28. The fourth-order valence-electron chi connectivity index (χ4n) is 4.06. The van der Waals surface area contributed by atoms with E-state index in [0.29, 0.717) is 36.2 Å². The lowest BCUT2D eigenvalue weighted by Crippen LogP contribution is -2.61. The van der Waals surface area contributed by atoms with Crippen molar-refractivity contribution in [3.05, 3.63) is 41.3 Å². The Bertz CT molecular complexity index is 856. The van der Waals surface area contributed by atoms with Crippen molar-refractivity contribution in [1.82, 2.24) is 20.5 Å². The number of nitrogens with zero attached hydrogens (tertiary/aromatic N) is 2. The standard InChI is InChI=1S/C18H19N5O2/c24-16(15-12-9-10-8-11(10)14(12)22-23-15)21-18(5-3-6-18)17(25)20-13-4-1-2-7-19-13/h1-2,4,7,10-11H,3,5-6,8-9H2,(H,21,24)(H,22,23)(H,19,20,25). The number of carbonyl (C=O) groups excluding carboxylic acids is 2. The van der Waals surface area contributed by atoms with Gasteiger partial charge in [0.1, 0.15) is 11.4 Å².